The maximum Gasteiger partial charge on any atom is 0.305 e. The lowest BCUT2D eigenvalue weighted by Crippen LogP contribution is -2.57. The molecular weight excluding hydrogens is 688 g/mol. The third-order valence-electron chi connectivity index (χ3n) is 7.07. The Balaban J connectivity index is 1.76. The third-order valence-corrected chi connectivity index (χ3v) is 7.07. The van der Waals surface area contributed by atoms with Crippen LogP contribution in [0, 0.1) is 20.2 Å². The lowest BCUT2D eigenvalue weighted by atomic mass is 10.0. The topological polar surface area (TPSA) is 315 Å². The van der Waals surface area contributed by atoms with Crippen molar-refractivity contribution in [2.45, 2.75) is 37.4 Å². The van der Waals surface area contributed by atoms with Crippen LogP contribution in [-0.2, 0) is 30.4 Å². The van der Waals surface area contributed by atoms with E-state index in [0.29, 0.717) is 11.6 Å². The number of carbonyl (C=O) groups is 6. The van der Waals surface area contributed by atoms with E-state index < -0.39 is 87.8 Å². The number of hydrogen-bond acceptors (Lipinski definition) is 12. The van der Waals surface area contributed by atoms with E-state index in [9.17, 15) is 59.2 Å². The number of aliphatic carboxylic acids is 2. The first-order valence-electron chi connectivity index (χ1n) is 15.0. The number of para-hydroxylation sites is 1. The van der Waals surface area contributed by atoms with Gasteiger partial charge in [0.1, 0.15) is 23.8 Å². The van der Waals surface area contributed by atoms with Gasteiger partial charge in [0.15, 0.2) is 0 Å². The first kappa shape index (κ1) is 39.1. The summed E-state index contributed by atoms with van der Waals surface area (Å²) >= 11 is 0. The molecule has 0 aliphatic carbocycles. The lowest BCUT2D eigenvalue weighted by Gasteiger charge is -2.24. The highest BCUT2D eigenvalue weighted by Gasteiger charge is 2.32. The maximum absolute atomic E-state index is 13.5. The van der Waals surface area contributed by atoms with E-state index in [4.69, 9.17) is 5.73 Å². The first-order valence-corrected chi connectivity index (χ1v) is 15.0. The second-order valence-electron chi connectivity index (χ2n) is 10.8. The fraction of sp³-hybridized carbons (Fsp3) is 0.188. The number of nitro groups is 2. The molecule has 0 aromatic heterocycles. The van der Waals surface area contributed by atoms with E-state index in [0.717, 1.165) is 24.5 Å². The van der Waals surface area contributed by atoms with E-state index >= 15 is 0 Å². The number of nitrogens with one attached hydrogen (secondary N) is 5. The summed E-state index contributed by atoms with van der Waals surface area (Å²) < 4.78 is 0. The van der Waals surface area contributed by atoms with Crippen molar-refractivity contribution >= 4 is 58.3 Å². The average molecular weight is 721 g/mol. The highest BCUT2D eigenvalue weighted by atomic mass is 16.6. The normalized spacial score (nSPS) is 12.4. The van der Waals surface area contributed by atoms with Gasteiger partial charge in [-0.2, -0.15) is 0 Å². The second-order valence-corrected chi connectivity index (χ2v) is 10.8. The van der Waals surface area contributed by atoms with Gasteiger partial charge in [-0.15, -0.1) is 0 Å². The molecule has 0 aliphatic rings. The summed E-state index contributed by atoms with van der Waals surface area (Å²) in [6.45, 7) is 0. The molecule has 0 bridgehead atoms. The minimum Gasteiger partial charge on any atom is -0.481 e. The van der Waals surface area contributed by atoms with Gasteiger partial charge in [-0.25, -0.2) is 0 Å². The van der Waals surface area contributed by atoms with Crippen LogP contribution in [0.2, 0.25) is 0 Å². The number of anilines is 2. The number of carbonyl (C=O) groups excluding carboxylic acids is 4. The van der Waals surface area contributed by atoms with Crippen molar-refractivity contribution in [3.8, 4) is 0 Å². The van der Waals surface area contributed by atoms with Crippen molar-refractivity contribution in [2.24, 2.45) is 0 Å². The van der Waals surface area contributed by atoms with Gasteiger partial charge in [-0.05, 0) is 23.8 Å². The Morgan fingerprint density at radius 1 is 0.712 bits per heavy atom. The van der Waals surface area contributed by atoms with Gasteiger partial charge < -0.3 is 42.5 Å². The van der Waals surface area contributed by atoms with Gasteiger partial charge >= 0.3 is 11.9 Å². The van der Waals surface area contributed by atoms with Gasteiger partial charge in [0.25, 0.3) is 17.3 Å². The molecule has 3 aromatic rings. The zero-order valence-corrected chi connectivity index (χ0v) is 26.9. The number of rotatable bonds is 18. The molecule has 9 N–H and O–H groups in total. The van der Waals surface area contributed by atoms with E-state index in [1.54, 1.807) is 42.5 Å². The number of nitrogens with two attached hydrogens (primary N) is 1. The number of carboxylic acids is 2. The Morgan fingerprint density at radius 2 is 1.29 bits per heavy atom. The molecule has 52 heavy (non-hydrogen) atoms. The smallest absolute Gasteiger partial charge is 0.305 e. The van der Waals surface area contributed by atoms with Crippen LogP contribution in [0.3, 0.4) is 0 Å². The van der Waals surface area contributed by atoms with Crippen molar-refractivity contribution in [3.05, 3.63) is 117 Å². The molecule has 3 rings (SSSR count). The molecule has 4 amide bonds. The average Bonchev–Trinajstić information content (AvgIpc) is 3.09. The monoisotopic (exact) mass is 720 g/mol. The Labute approximate surface area is 293 Å². The molecule has 0 fully saturated rings. The van der Waals surface area contributed by atoms with Crippen LogP contribution in [0.4, 0.5) is 22.7 Å². The number of carboxylic acid groups (broad SMARTS) is 2. The van der Waals surface area contributed by atoms with Crippen molar-refractivity contribution in [3.63, 3.8) is 0 Å². The van der Waals surface area contributed by atoms with Crippen LogP contribution in [0.5, 0.6) is 0 Å². The first-order chi connectivity index (χ1) is 24.7. The molecule has 3 aromatic carbocycles. The molecular formula is C32H32N8O12. The summed E-state index contributed by atoms with van der Waals surface area (Å²) in [6.07, 6.45) is -0.231. The standard InChI is InChI=1S/C32H32N8O12/c33-21-9-5-4-8-20(21)29(45)36-23(14-18-6-2-1-3-7-18)31(47)38-25(17-28(43)44)32(48)37-24(16-27(41)42)30(46)35-13-12-34-22-11-10-19(39(49)50)15-26(22)40(51)52/h1-13,15,23-25,34H,14,16-17,33H2,(H,35,46)(H,36,45)(H,37,48)(H,38,47)(H,41,42)(H,43,44)/b13-12+/t23-,24-,25-/m0/s1. The van der Waals surface area contributed by atoms with Gasteiger partial charge in [0.05, 0.1) is 34.3 Å². The van der Waals surface area contributed by atoms with Crippen LogP contribution in [-0.4, -0.2) is 73.8 Å². The van der Waals surface area contributed by atoms with Crippen molar-refractivity contribution in [1.29, 1.82) is 0 Å². The molecule has 0 spiro atoms. The van der Waals surface area contributed by atoms with Gasteiger partial charge in [-0.3, -0.25) is 49.0 Å². The predicted octanol–water partition coefficient (Wildman–Crippen LogP) is 1.04. The van der Waals surface area contributed by atoms with E-state index in [-0.39, 0.29) is 23.4 Å². The Morgan fingerprint density at radius 3 is 1.87 bits per heavy atom. The van der Waals surface area contributed by atoms with E-state index in [1.165, 1.54) is 12.1 Å². The molecule has 0 saturated carbocycles. The minimum absolute atomic E-state index is 0.0472. The highest BCUT2D eigenvalue weighted by Crippen LogP contribution is 2.28. The molecule has 0 radical (unpaired) electrons. The number of benzene rings is 3. The van der Waals surface area contributed by atoms with Crippen molar-refractivity contribution in [2.75, 3.05) is 11.1 Å². The number of amides is 4. The molecule has 0 aliphatic heterocycles. The van der Waals surface area contributed by atoms with E-state index in [2.05, 4.69) is 26.6 Å². The molecule has 272 valence electrons. The zero-order valence-electron chi connectivity index (χ0n) is 26.9. The molecule has 0 saturated heterocycles. The summed E-state index contributed by atoms with van der Waals surface area (Å²) in [5, 5.41) is 52.6. The fourth-order valence-corrected chi connectivity index (χ4v) is 4.57. The highest BCUT2D eigenvalue weighted by molar-refractivity contribution is 6.02. The number of nitrogens with zero attached hydrogens (tertiary/aromatic N) is 2. The Bertz CT molecular complexity index is 1890. The third kappa shape index (κ3) is 11.6. The molecule has 20 heteroatoms. The fourth-order valence-electron chi connectivity index (χ4n) is 4.57. The molecule has 0 unspecified atom stereocenters. The Hall–Kier alpha value is -7.38. The SMILES string of the molecule is Nc1ccccc1C(=O)N[C@@H](Cc1ccccc1)C(=O)N[C@@H](CC(=O)O)C(=O)N[C@@H](CC(=O)O)C(=O)N/C=C/Nc1ccc([N+](=O)[O-])cc1[N+](=O)[O-]. The summed E-state index contributed by atoms with van der Waals surface area (Å²) in [5.74, 6) is -7.19. The quantitative estimate of drug-likeness (QED) is 0.0517. The molecule has 3 atom stereocenters. The number of non-ortho nitro benzene ring substituents is 1. The largest absolute Gasteiger partial charge is 0.481 e. The summed E-state index contributed by atoms with van der Waals surface area (Å²) in [6, 6.07) is 12.1. The summed E-state index contributed by atoms with van der Waals surface area (Å²) in [4.78, 5) is 96.5. The number of nitro benzene ring substituents is 2. The number of hydrogen-bond donors (Lipinski definition) is 8. The number of nitrogen functional groups attached to an aromatic ring is 1. The second kappa shape index (κ2) is 18.4. The van der Waals surface area contributed by atoms with Gasteiger partial charge in [-0.1, -0.05) is 42.5 Å². The van der Waals surface area contributed by atoms with Gasteiger partial charge in [0, 0.05) is 30.6 Å². The minimum atomic E-state index is -1.86. The van der Waals surface area contributed by atoms with Crippen LogP contribution in [0.15, 0.2) is 85.2 Å². The molecule has 0 heterocycles. The van der Waals surface area contributed by atoms with Crippen LogP contribution in [0.25, 0.3) is 0 Å². The van der Waals surface area contributed by atoms with Crippen molar-refractivity contribution < 1.29 is 48.8 Å². The lowest BCUT2D eigenvalue weighted by molar-refractivity contribution is -0.393. The Kier molecular flexibility index (Phi) is 13.8. The zero-order chi connectivity index (χ0) is 38.4. The van der Waals surface area contributed by atoms with Gasteiger partial charge in [0.2, 0.25) is 17.7 Å². The summed E-state index contributed by atoms with van der Waals surface area (Å²) in [5.41, 5.74) is 5.24. The van der Waals surface area contributed by atoms with Crippen LogP contribution in [0.1, 0.15) is 28.8 Å². The predicted molar refractivity (Wildman–Crippen MR) is 181 cm³/mol. The summed E-state index contributed by atoms with van der Waals surface area (Å²) in [7, 11) is 0. The molecule has 20 nitrogen and oxygen atoms in total. The van der Waals surface area contributed by atoms with Crippen molar-refractivity contribution in [1.82, 2.24) is 21.3 Å². The van der Waals surface area contributed by atoms with Crippen LogP contribution < -0.4 is 32.3 Å². The maximum atomic E-state index is 13.5. The van der Waals surface area contributed by atoms with E-state index in [1.807, 2.05) is 0 Å². The van der Waals surface area contributed by atoms with Crippen LogP contribution >= 0.6 is 0 Å².